The Morgan fingerprint density at radius 2 is 2.17 bits per heavy atom. The summed E-state index contributed by atoms with van der Waals surface area (Å²) in [6.07, 6.45) is 5.48. The van der Waals surface area contributed by atoms with Crippen LogP contribution in [-0.2, 0) is 14.3 Å². The van der Waals surface area contributed by atoms with Gasteiger partial charge < -0.3 is 15.2 Å². The van der Waals surface area contributed by atoms with Crippen molar-refractivity contribution in [3.05, 3.63) is 12.2 Å². The van der Waals surface area contributed by atoms with Crippen molar-refractivity contribution in [3.8, 4) is 0 Å². The van der Waals surface area contributed by atoms with Crippen LogP contribution in [-0.4, -0.2) is 60.8 Å². The zero-order valence-electron chi connectivity index (χ0n) is 14.6. The average Bonchev–Trinajstić information content (AvgIpc) is 2.89. The highest BCUT2D eigenvalue weighted by atomic mass is 16.5. The largest absolute Gasteiger partial charge is 0.480 e. The number of allylic oxidation sites excluding steroid dienone is 1. The van der Waals surface area contributed by atoms with Gasteiger partial charge in [-0.2, -0.15) is 0 Å². The molecule has 1 saturated heterocycles. The van der Waals surface area contributed by atoms with E-state index in [1.807, 2.05) is 17.9 Å². The van der Waals surface area contributed by atoms with Crippen LogP contribution >= 0.6 is 0 Å². The fourth-order valence-electron chi connectivity index (χ4n) is 3.31. The van der Waals surface area contributed by atoms with Gasteiger partial charge in [0.05, 0.1) is 6.10 Å². The first-order valence-electron chi connectivity index (χ1n) is 8.29. The molecule has 4 atom stereocenters. The molecule has 0 aliphatic carbocycles. The van der Waals surface area contributed by atoms with E-state index in [0.29, 0.717) is 19.5 Å². The SMILES string of the molecule is C/C=C\C1CC(C(=O)O)N(CC(CC)C(CNC(C)=O)OC)C1. The highest BCUT2D eigenvalue weighted by Gasteiger charge is 2.37. The molecule has 2 N–H and O–H groups in total. The quantitative estimate of drug-likeness (QED) is 0.628. The Kier molecular flexibility index (Phi) is 8.26. The average molecular weight is 326 g/mol. The van der Waals surface area contributed by atoms with Crippen molar-refractivity contribution in [3.63, 3.8) is 0 Å². The lowest BCUT2D eigenvalue weighted by Crippen LogP contribution is -2.45. The first-order valence-corrected chi connectivity index (χ1v) is 8.29. The van der Waals surface area contributed by atoms with E-state index in [-0.39, 0.29) is 23.8 Å². The molecule has 6 nitrogen and oxygen atoms in total. The third kappa shape index (κ3) is 5.95. The lowest BCUT2D eigenvalue weighted by atomic mass is 9.98. The summed E-state index contributed by atoms with van der Waals surface area (Å²) in [5, 5.41) is 12.3. The van der Waals surface area contributed by atoms with E-state index in [2.05, 4.69) is 18.3 Å². The minimum absolute atomic E-state index is 0.0837. The normalized spacial score (nSPS) is 24.7. The lowest BCUT2D eigenvalue weighted by molar-refractivity contribution is -0.142. The Balaban J connectivity index is 2.74. The van der Waals surface area contributed by atoms with Crippen LogP contribution in [0.3, 0.4) is 0 Å². The maximum absolute atomic E-state index is 11.5. The minimum Gasteiger partial charge on any atom is -0.480 e. The number of ether oxygens (including phenoxy) is 1. The molecule has 4 unspecified atom stereocenters. The van der Waals surface area contributed by atoms with Gasteiger partial charge in [-0.1, -0.05) is 19.1 Å². The summed E-state index contributed by atoms with van der Waals surface area (Å²) in [5.74, 6) is -0.379. The molecular formula is C17H30N2O4. The summed E-state index contributed by atoms with van der Waals surface area (Å²) >= 11 is 0. The number of methoxy groups -OCH3 is 1. The van der Waals surface area contributed by atoms with Gasteiger partial charge in [-0.3, -0.25) is 14.5 Å². The molecule has 0 aromatic heterocycles. The smallest absolute Gasteiger partial charge is 0.320 e. The van der Waals surface area contributed by atoms with Gasteiger partial charge in [0, 0.05) is 33.7 Å². The van der Waals surface area contributed by atoms with Gasteiger partial charge in [-0.05, 0) is 31.6 Å². The zero-order chi connectivity index (χ0) is 17.4. The van der Waals surface area contributed by atoms with Gasteiger partial charge in [0.2, 0.25) is 5.91 Å². The summed E-state index contributed by atoms with van der Waals surface area (Å²) in [6.45, 7) is 7.39. The second-order valence-electron chi connectivity index (χ2n) is 6.21. The van der Waals surface area contributed by atoms with Crippen LogP contribution in [0.4, 0.5) is 0 Å². The Bertz CT molecular complexity index is 425. The molecule has 0 aromatic carbocycles. The number of carbonyl (C=O) groups excluding carboxylic acids is 1. The first-order chi connectivity index (χ1) is 10.9. The molecule has 1 aliphatic rings. The third-order valence-corrected chi connectivity index (χ3v) is 4.56. The van der Waals surface area contributed by atoms with Crippen molar-refractivity contribution >= 4 is 11.9 Å². The Morgan fingerprint density at radius 3 is 2.65 bits per heavy atom. The maximum Gasteiger partial charge on any atom is 0.320 e. The van der Waals surface area contributed by atoms with Gasteiger partial charge in [0.1, 0.15) is 6.04 Å². The first kappa shape index (κ1) is 19.6. The number of carboxylic acid groups (broad SMARTS) is 1. The lowest BCUT2D eigenvalue weighted by Gasteiger charge is -2.31. The van der Waals surface area contributed by atoms with Crippen LogP contribution in [0.1, 0.15) is 33.6 Å². The Morgan fingerprint density at radius 1 is 1.48 bits per heavy atom. The van der Waals surface area contributed by atoms with Gasteiger partial charge in [-0.15, -0.1) is 0 Å². The molecule has 0 radical (unpaired) electrons. The molecule has 0 saturated carbocycles. The Hall–Kier alpha value is -1.40. The van der Waals surface area contributed by atoms with Crippen molar-refractivity contribution in [2.75, 3.05) is 26.7 Å². The fraction of sp³-hybridized carbons (Fsp3) is 0.765. The molecule has 1 rings (SSSR count). The number of nitrogens with one attached hydrogen (secondary N) is 1. The van der Waals surface area contributed by atoms with Crippen LogP contribution in [0.25, 0.3) is 0 Å². The number of likely N-dealkylation sites (tertiary alicyclic amines) is 1. The van der Waals surface area contributed by atoms with Crippen LogP contribution < -0.4 is 5.32 Å². The van der Waals surface area contributed by atoms with Crippen molar-refractivity contribution < 1.29 is 19.4 Å². The number of hydrogen-bond acceptors (Lipinski definition) is 4. The number of amides is 1. The summed E-state index contributed by atoms with van der Waals surface area (Å²) in [5.41, 5.74) is 0. The number of nitrogens with zero attached hydrogens (tertiary/aromatic N) is 1. The highest BCUT2D eigenvalue weighted by Crippen LogP contribution is 2.27. The van der Waals surface area contributed by atoms with E-state index >= 15 is 0 Å². The molecule has 1 fully saturated rings. The monoisotopic (exact) mass is 326 g/mol. The molecule has 6 heteroatoms. The van der Waals surface area contributed by atoms with Crippen LogP contribution in [0, 0.1) is 11.8 Å². The molecule has 0 spiro atoms. The van der Waals surface area contributed by atoms with E-state index in [4.69, 9.17) is 4.74 Å². The second-order valence-corrected chi connectivity index (χ2v) is 6.21. The molecule has 0 aromatic rings. The van der Waals surface area contributed by atoms with E-state index < -0.39 is 12.0 Å². The fourth-order valence-corrected chi connectivity index (χ4v) is 3.31. The van der Waals surface area contributed by atoms with Gasteiger partial charge in [-0.25, -0.2) is 0 Å². The van der Waals surface area contributed by atoms with E-state index in [0.717, 1.165) is 13.0 Å². The predicted octanol–water partition coefficient (Wildman–Crippen LogP) is 1.51. The van der Waals surface area contributed by atoms with Crippen LogP contribution in [0.5, 0.6) is 0 Å². The van der Waals surface area contributed by atoms with Gasteiger partial charge in [0.15, 0.2) is 0 Å². The molecule has 1 amide bonds. The zero-order valence-corrected chi connectivity index (χ0v) is 14.6. The molecule has 0 bridgehead atoms. The van der Waals surface area contributed by atoms with Crippen LogP contribution in [0.15, 0.2) is 12.2 Å². The molecular weight excluding hydrogens is 296 g/mol. The van der Waals surface area contributed by atoms with E-state index in [9.17, 15) is 14.7 Å². The standard InChI is InChI=1S/C17H30N2O4/c1-5-7-13-8-15(17(21)22)19(10-13)11-14(6-2)16(23-4)9-18-12(3)20/h5,7,13-16H,6,8-11H2,1-4H3,(H,18,20)(H,21,22)/b7-5-. The molecule has 132 valence electrons. The van der Waals surface area contributed by atoms with Crippen molar-refractivity contribution in [1.29, 1.82) is 0 Å². The summed E-state index contributed by atoms with van der Waals surface area (Å²) < 4.78 is 5.53. The number of aliphatic carboxylic acids is 1. The number of carboxylic acids is 1. The topological polar surface area (TPSA) is 78.9 Å². The van der Waals surface area contributed by atoms with Crippen molar-refractivity contribution in [1.82, 2.24) is 10.2 Å². The number of hydrogen-bond donors (Lipinski definition) is 2. The van der Waals surface area contributed by atoms with Crippen molar-refractivity contribution in [2.45, 2.75) is 45.8 Å². The molecule has 23 heavy (non-hydrogen) atoms. The maximum atomic E-state index is 11.5. The Labute approximate surface area is 138 Å². The third-order valence-electron chi connectivity index (χ3n) is 4.56. The van der Waals surface area contributed by atoms with Gasteiger partial charge in [0.25, 0.3) is 0 Å². The van der Waals surface area contributed by atoms with Gasteiger partial charge >= 0.3 is 5.97 Å². The van der Waals surface area contributed by atoms with Crippen molar-refractivity contribution in [2.24, 2.45) is 11.8 Å². The molecule has 1 heterocycles. The van der Waals surface area contributed by atoms with Crippen LogP contribution in [0.2, 0.25) is 0 Å². The molecule has 1 aliphatic heterocycles. The van der Waals surface area contributed by atoms with E-state index in [1.54, 1.807) is 7.11 Å². The highest BCUT2D eigenvalue weighted by molar-refractivity contribution is 5.74. The summed E-state index contributed by atoms with van der Waals surface area (Å²) in [4.78, 5) is 24.7. The predicted molar refractivity (Wildman–Crippen MR) is 89.2 cm³/mol. The minimum atomic E-state index is -0.761. The number of rotatable bonds is 9. The second kappa shape index (κ2) is 9.67. The summed E-state index contributed by atoms with van der Waals surface area (Å²) in [7, 11) is 1.64. The van der Waals surface area contributed by atoms with E-state index in [1.165, 1.54) is 6.92 Å². The number of carbonyl (C=O) groups is 2. The summed E-state index contributed by atoms with van der Waals surface area (Å²) in [6, 6.07) is -0.441.